The Kier molecular flexibility index (Phi) is 7.92. The Morgan fingerprint density at radius 1 is 1.18 bits per heavy atom. The minimum Gasteiger partial charge on any atom is -0.428 e. The number of benzene rings is 1. The van der Waals surface area contributed by atoms with E-state index in [1.54, 1.807) is 24.3 Å². The number of rotatable bonds is 9. The number of aromatic nitrogens is 4. The number of likely N-dealkylation sites (tertiary alicyclic amines) is 1. The monoisotopic (exact) mass is 571 g/mol. The van der Waals surface area contributed by atoms with Gasteiger partial charge in [-0.1, -0.05) is 29.3 Å². The first-order valence-corrected chi connectivity index (χ1v) is 13.2. The van der Waals surface area contributed by atoms with Crippen molar-refractivity contribution < 1.29 is 14.8 Å². The van der Waals surface area contributed by atoms with Gasteiger partial charge in [0.25, 0.3) is 11.5 Å². The number of anilines is 2. The van der Waals surface area contributed by atoms with E-state index in [4.69, 9.17) is 28.0 Å². The van der Waals surface area contributed by atoms with Gasteiger partial charge in [0, 0.05) is 23.7 Å². The average molecular weight is 572 g/mol. The van der Waals surface area contributed by atoms with Crippen LogP contribution < -0.4 is 21.0 Å². The van der Waals surface area contributed by atoms with Crippen LogP contribution in [0.25, 0.3) is 22.2 Å². The summed E-state index contributed by atoms with van der Waals surface area (Å²) in [6.07, 6.45) is 6.13. The smallest absolute Gasteiger partial charge is 0.293 e. The van der Waals surface area contributed by atoms with Crippen LogP contribution in [0, 0.1) is 0 Å². The highest BCUT2D eigenvalue weighted by Crippen LogP contribution is 2.33. The number of fused-ring (bicyclic) bond motifs is 1. The number of pyridine rings is 1. The molecule has 0 bridgehead atoms. The molecule has 1 fully saturated rings. The molecule has 4 aromatic rings. The topological polar surface area (TPSA) is 127 Å². The molecule has 204 valence electrons. The van der Waals surface area contributed by atoms with Crippen LogP contribution in [-0.4, -0.2) is 68.7 Å². The van der Waals surface area contributed by atoms with E-state index in [-0.39, 0.29) is 22.9 Å². The second-order valence-corrected chi connectivity index (χ2v) is 9.97. The molecule has 0 radical (unpaired) electrons. The summed E-state index contributed by atoms with van der Waals surface area (Å²) in [5.74, 6) is -0.273. The van der Waals surface area contributed by atoms with Gasteiger partial charge >= 0.3 is 0 Å². The van der Waals surface area contributed by atoms with Crippen LogP contribution in [0.4, 0.5) is 11.6 Å². The van der Waals surface area contributed by atoms with Gasteiger partial charge in [-0.3, -0.25) is 9.59 Å². The number of carbonyl (C=O) groups is 1. The molecule has 1 aliphatic rings. The van der Waals surface area contributed by atoms with Crippen LogP contribution >= 0.6 is 23.2 Å². The fourth-order valence-electron chi connectivity index (χ4n) is 4.65. The van der Waals surface area contributed by atoms with Crippen molar-refractivity contribution >= 4 is 51.8 Å². The Hall–Kier alpha value is -3.80. The standard InChI is InChI=1S/C26H27Cl2N7O4/c1-39-35-23-16(12-18(25(35)37)22-19(27)6-4-7-20(22)28)14-30-26(32-23)31-17-13-21(34(38)15-17)24(36)29-8-5-11-33-9-2-3-10-33/h4,6-7,12-15,38H,2-3,5,8-11H2,1H3,(H,29,36)(H,30,31,32). The number of carbonyl (C=O) groups excluding carboxylic acids is 1. The van der Waals surface area contributed by atoms with Gasteiger partial charge in [0.1, 0.15) is 12.8 Å². The highest BCUT2D eigenvalue weighted by Gasteiger charge is 2.19. The molecule has 0 saturated carbocycles. The molecular weight excluding hydrogens is 545 g/mol. The van der Waals surface area contributed by atoms with Crippen LogP contribution in [-0.2, 0) is 0 Å². The van der Waals surface area contributed by atoms with Crippen LogP contribution in [0.3, 0.4) is 0 Å². The second kappa shape index (κ2) is 11.5. The summed E-state index contributed by atoms with van der Waals surface area (Å²) < 4.78 is 1.76. The largest absolute Gasteiger partial charge is 0.428 e. The number of halogens is 2. The van der Waals surface area contributed by atoms with Gasteiger partial charge in [0.15, 0.2) is 5.65 Å². The Morgan fingerprint density at radius 2 is 1.92 bits per heavy atom. The average Bonchev–Trinajstić information content (AvgIpc) is 3.56. The first-order chi connectivity index (χ1) is 18.9. The summed E-state index contributed by atoms with van der Waals surface area (Å²) in [5.41, 5.74) is 0.755. The molecule has 0 spiro atoms. The first kappa shape index (κ1) is 26.8. The third-order valence-electron chi connectivity index (χ3n) is 6.54. The molecule has 13 heteroatoms. The SMILES string of the molecule is COn1c(=O)c(-c2c(Cl)cccc2Cl)cc2cnc(Nc3cc(C(=O)NCCCN4CCCC4)n(O)c3)nc21. The van der Waals surface area contributed by atoms with Crippen molar-refractivity contribution in [3.63, 3.8) is 0 Å². The molecule has 4 heterocycles. The molecule has 0 aliphatic carbocycles. The van der Waals surface area contributed by atoms with Gasteiger partial charge in [-0.25, -0.2) is 4.98 Å². The first-order valence-electron chi connectivity index (χ1n) is 12.5. The Bertz CT molecular complexity index is 1560. The van der Waals surface area contributed by atoms with Crippen molar-refractivity contribution in [2.45, 2.75) is 19.3 Å². The zero-order valence-electron chi connectivity index (χ0n) is 21.2. The Balaban J connectivity index is 1.34. The van der Waals surface area contributed by atoms with Crippen molar-refractivity contribution in [3.8, 4) is 11.1 Å². The number of hydrogen-bond donors (Lipinski definition) is 3. The van der Waals surface area contributed by atoms with E-state index in [0.717, 1.165) is 35.5 Å². The molecule has 3 N–H and O–H groups in total. The number of hydrogen-bond acceptors (Lipinski definition) is 8. The van der Waals surface area contributed by atoms with E-state index >= 15 is 0 Å². The lowest BCUT2D eigenvalue weighted by atomic mass is 10.1. The Morgan fingerprint density at radius 3 is 2.64 bits per heavy atom. The lowest BCUT2D eigenvalue weighted by Crippen LogP contribution is -2.29. The summed E-state index contributed by atoms with van der Waals surface area (Å²) in [4.78, 5) is 42.3. The summed E-state index contributed by atoms with van der Waals surface area (Å²) in [5, 5.41) is 17.2. The van der Waals surface area contributed by atoms with Crippen molar-refractivity contribution in [1.29, 1.82) is 0 Å². The second-order valence-electron chi connectivity index (χ2n) is 9.15. The van der Waals surface area contributed by atoms with E-state index in [0.29, 0.717) is 33.2 Å². The molecule has 1 amide bonds. The minimum absolute atomic E-state index is 0.0644. The lowest BCUT2D eigenvalue weighted by Gasteiger charge is -2.14. The zero-order valence-corrected chi connectivity index (χ0v) is 22.7. The fraction of sp³-hybridized carbons (Fsp3) is 0.308. The van der Waals surface area contributed by atoms with Gasteiger partial charge < -0.3 is 25.6 Å². The van der Waals surface area contributed by atoms with Gasteiger partial charge in [-0.2, -0.15) is 9.71 Å². The third-order valence-corrected chi connectivity index (χ3v) is 7.17. The van der Waals surface area contributed by atoms with E-state index in [9.17, 15) is 14.8 Å². The predicted octanol–water partition coefficient (Wildman–Crippen LogP) is 3.82. The van der Waals surface area contributed by atoms with Crippen molar-refractivity contribution in [2.75, 3.05) is 38.6 Å². The molecule has 11 nitrogen and oxygen atoms in total. The molecular formula is C26H27Cl2N7O4. The number of nitrogens with zero attached hydrogens (tertiary/aromatic N) is 5. The predicted molar refractivity (Wildman–Crippen MR) is 149 cm³/mol. The van der Waals surface area contributed by atoms with Gasteiger partial charge in [0.05, 0.1) is 27.5 Å². The molecule has 0 unspecified atom stereocenters. The lowest BCUT2D eigenvalue weighted by molar-refractivity contribution is 0.0901. The summed E-state index contributed by atoms with van der Waals surface area (Å²) in [6.45, 7) is 3.66. The number of amides is 1. The molecule has 1 aromatic carbocycles. The minimum atomic E-state index is -0.505. The van der Waals surface area contributed by atoms with Crippen LogP contribution in [0.2, 0.25) is 10.0 Å². The van der Waals surface area contributed by atoms with E-state index in [2.05, 4.69) is 25.5 Å². The van der Waals surface area contributed by atoms with Gasteiger partial charge in [-0.15, -0.1) is 4.73 Å². The van der Waals surface area contributed by atoms with Crippen molar-refractivity contribution in [1.82, 2.24) is 29.6 Å². The molecule has 0 atom stereocenters. The molecule has 5 rings (SSSR count). The van der Waals surface area contributed by atoms with E-state index < -0.39 is 11.5 Å². The summed E-state index contributed by atoms with van der Waals surface area (Å²) in [6, 6.07) is 8.05. The molecule has 1 saturated heterocycles. The van der Waals surface area contributed by atoms with E-state index in [1.807, 2.05) is 0 Å². The normalized spacial score (nSPS) is 13.6. The highest BCUT2D eigenvalue weighted by atomic mass is 35.5. The summed E-state index contributed by atoms with van der Waals surface area (Å²) in [7, 11) is 1.34. The van der Waals surface area contributed by atoms with Crippen molar-refractivity contribution in [3.05, 3.63) is 68.8 Å². The fourth-order valence-corrected chi connectivity index (χ4v) is 5.25. The highest BCUT2D eigenvalue weighted by molar-refractivity contribution is 6.39. The van der Waals surface area contributed by atoms with Crippen LogP contribution in [0.15, 0.2) is 47.5 Å². The van der Waals surface area contributed by atoms with E-state index in [1.165, 1.54) is 38.4 Å². The molecule has 3 aromatic heterocycles. The number of nitrogens with one attached hydrogen (secondary N) is 2. The molecule has 1 aliphatic heterocycles. The third kappa shape index (κ3) is 5.65. The van der Waals surface area contributed by atoms with Crippen LogP contribution in [0.1, 0.15) is 29.8 Å². The zero-order chi connectivity index (χ0) is 27.5. The van der Waals surface area contributed by atoms with Gasteiger partial charge in [-0.05, 0) is 63.2 Å². The van der Waals surface area contributed by atoms with Crippen LogP contribution in [0.5, 0.6) is 0 Å². The molecule has 39 heavy (non-hydrogen) atoms. The Labute approximate surface area is 233 Å². The maximum Gasteiger partial charge on any atom is 0.293 e. The quantitative estimate of drug-likeness (QED) is 0.204. The van der Waals surface area contributed by atoms with Crippen molar-refractivity contribution in [2.24, 2.45) is 0 Å². The maximum absolute atomic E-state index is 13.3. The van der Waals surface area contributed by atoms with Gasteiger partial charge in [0.2, 0.25) is 5.95 Å². The maximum atomic E-state index is 13.3. The summed E-state index contributed by atoms with van der Waals surface area (Å²) >= 11 is 12.7.